The quantitative estimate of drug-likeness (QED) is 0.588. The lowest BCUT2D eigenvalue weighted by Crippen LogP contribution is -2.46. The van der Waals surface area contributed by atoms with Crippen LogP contribution in [0.4, 0.5) is 0 Å². The molecule has 1 aromatic heterocycles. The van der Waals surface area contributed by atoms with Crippen LogP contribution in [0.1, 0.15) is 16.1 Å². The van der Waals surface area contributed by atoms with E-state index in [9.17, 15) is 4.79 Å². The number of hydrazine groups is 1. The second-order valence-corrected chi connectivity index (χ2v) is 4.48. The molecule has 0 unspecified atom stereocenters. The van der Waals surface area contributed by atoms with Crippen LogP contribution in [0.3, 0.4) is 0 Å². The molecule has 1 amide bonds. The molecule has 0 saturated carbocycles. The monoisotopic (exact) mass is 305 g/mol. The molecule has 0 aliphatic heterocycles. The van der Waals surface area contributed by atoms with Crippen LogP contribution in [0.5, 0.6) is 5.75 Å². The van der Waals surface area contributed by atoms with Gasteiger partial charge in [-0.25, -0.2) is 0 Å². The Morgan fingerprint density at radius 1 is 1.29 bits per heavy atom. The van der Waals surface area contributed by atoms with E-state index in [-0.39, 0.29) is 5.91 Å². The van der Waals surface area contributed by atoms with E-state index in [0.29, 0.717) is 23.0 Å². The molecule has 6 nitrogen and oxygen atoms in total. The highest BCUT2D eigenvalue weighted by molar-refractivity contribution is 7.80. The molecule has 0 spiro atoms. The first kappa shape index (κ1) is 14.9. The lowest BCUT2D eigenvalue weighted by Gasteiger charge is -2.11. The SMILES string of the molecule is COc1cccc(C(=O)NNC(=S)NCc2ccco2)c1. The Bertz CT molecular complexity index is 614. The van der Waals surface area contributed by atoms with Crippen molar-refractivity contribution in [1.82, 2.24) is 16.2 Å². The van der Waals surface area contributed by atoms with Crippen LogP contribution in [0.2, 0.25) is 0 Å². The maximum Gasteiger partial charge on any atom is 0.269 e. The van der Waals surface area contributed by atoms with E-state index in [2.05, 4.69) is 16.2 Å². The van der Waals surface area contributed by atoms with Crippen LogP contribution < -0.4 is 20.9 Å². The van der Waals surface area contributed by atoms with Crippen LogP contribution in [-0.2, 0) is 6.54 Å². The van der Waals surface area contributed by atoms with Crippen LogP contribution in [0.25, 0.3) is 0 Å². The van der Waals surface area contributed by atoms with Gasteiger partial charge in [0.1, 0.15) is 11.5 Å². The third-order valence-electron chi connectivity index (χ3n) is 2.62. The topological polar surface area (TPSA) is 75.5 Å². The molecule has 110 valence electrons. The highest BCUT2D eigenvalue weighted by Crippen LogP contribution is 2.11. The maximum absolute atomic E-state index is 11.9. The Kier molecular flexibility index (Phi) is 5.16. The van der Waals surface area contributed by atoms with Crippen molar-refractivity contribution in [1.29, 1.82) is 0 Å². The lowest BCUT2D eigenvalue weighted by molar-refractivity contribution is 0.0943. The standard InChI is InChI=1S/C14H15N3O3S/c1-19-11-5-2-4-10(8-11)13(18)16-17-14(21)15-9-12-6-3-7-20-12/h2-8H,9H2,1H3,(H,16,18)(H2,15,17,21). The number of hydrogen-bond donors (Lipinski definition) is 3. The summed E-state index contributed by atoms with van der Waals surface area (Å²) in [5.74, 6) is 1.05. The van der Waals surface area contributed by atoms with Gasteiger partial charge in [0, 0.05) is 5.56 Å². The van der Waals surface area contributed by atoms with Gasteiger partial charge < -0.3 is 14.5 Å². The van der Waals surface area contributed by atoms with Crippen molar-refractivity contribution in [3.63, 3.8) is 0 Å². The number of rotatable bonds is 4. The van der Waals surface area contributed by atoms with Crippen molar-refractivity contribution in [2.75, 3.05) is 7.11 Å². The number of hydrogen-bond acceptors (Lipinski definition) is 4. The fraction of sp³-hybridized carbons (Fsp3) is 0.143. The summed E-state index contributed by atoms with van der Waals surface area (Å²) in [7, 11) is 1.54. The molecule has 0 atom stereocenters. The van der Waals surface area contributed by atoms with Crippen molar-refractivity contribution < 1.29 is 13.9 Å². The second kappa shape index (κ2) is 7.30. The van der Waals surface area contributed by atoms with Gasteiger partial charge in [0.15, 0.2) is 5.11 Å². The Morgan fingerprint density at radius 3 is 2.86 bits per heavy atom. The minimum atomic E-state index is -0.309. The van der Waals surface area contributed by atoms with E-state index in [1.807, 2.05) is 6.07 Å². The Hall–Kier alpha value is -2.54. The molecule has 1 heterocycles. The fourth-order valence-corrected chi connectivity index (χ4v) is 1.70. The van der Waals surface area contributed by atoms with Gasteiger partial charge in [-0.1, -0.05) is 6.07 Å². The Balaban J connectivity index is 1.78. The summed E-state index contributed by atoms with van der Waals surface area (Å²) in [5.41, 5.74) is 5.59. The summed E-state index contributed by atoms with van der Waals surface area (Å²) in [6.07, 6.45) is 1.58. The summed E-state index contributed by atoms with van der Waals surface area (Å²) in [6, 6.07) is 10.4. The molecule has 0 radical (unpaired) electrons. The summed E-state index contributed by atoms with van der Waals surface area (Å²) < 4.78 is 10.2. The first-order chi connectivity index (χ1) is 10.2. The van der Waals surface area contributed by atoms with Crippen LogP contribution in [0.15, 0.2) is 47.1 Å². The first-order valence-corrected chi connectivity index (χ1v) is 6.60. The third-order valence-corrected chi connectivity index (χ3v) is 2.87. The molecule has 0 aliphatic carbocycles. The van der Waals surface area contributed by atoms with E-state index >= 15 is 0 Å². The fourth-order valence-electron chi connectivity index (χ4n) is 1.57. The number of nitrogens with one attached hydrogen (secondary N) is 3. The number of thiocarbonyl (C=S) groups is 1. The molecular weight excluding hydrogens is 290 g/mol. The Labute approximate surface area is 127 Å². The molecular formula is C14H15N3O3S. The molecule has 1 aromatic carbocycles. The molecule has 0 saturated heterocycles. The van der Waals surface area contributed by atoms with E-state index in [0.717, 1.165) is 5.76 Å². The van der Waals surface area contributed by atoms with Gasteiger partial charge in [0.05, 0.1) is 19.9 Å². The van der Waals surface area contributed by atoms with Crippen molar-refractivity contribution in [2.24, 2.45) is 0 Å². The zero-order valence-electron chi connectivity index (χ0n) is 11.4. The van der Waals surface area contributed by atoms with Crippen molar-refractivity contribution in [2.45, 2.75) is 6.54 Å². The summed E-state index contributed by atoms with van der Waals surface area (Å²) in [5, 5.41) is 3.20. The van der Waals surface area contributed by atoms with Crippen molar-refractivity contribution in [3.8, 4) is 5.75 Å². The van der Waals surface area contributed by atoms with E-state index in [1.54, 1.807) is 43.7 Å². The number of benzene rings is 1. The predicted octanol–water partition coefficient (Wildman–Crippen LogP) is 1.60. The molecule has 21 heavy (non-hydrogen) atoms. The predicted molar refractivity (Wildman–Crippen MR) is 81.7 cm³/mol. The van der Waals surface area contributed by atoms with Crippen molar-refractivity contribution in [3.05, 3.63) is 54.0 Å². The molecule has 2 rings (SSSR count). The van der Waals surface area contributed by atoms with Crippen LogP contribution >= 0.6 is 12.2 Å². The molecule has 2 aromatic rings. The number of carbonyl (C=O) groups is 1. The van der Waals surface area contributed by atoms with E-state index < -0.39 is 0 Å². The third kappa shape index (κ3) is 4.50. The van der Waals surface area contributed by atoms with Crippen LogP contribution in [0, 0.1) is 0 Å². The van der Waals surface area contributed by atoms with E-state index in [4.69, 9.17) is 21.4 Å². The average molecular weight is 305 g/mol. The van der Waals surface area contributed by atoms with E-state index in [1.165, 1.54) is 0 Å². The summed E-state index contributed by atoms with van der Waals surface area (Å²) in [4.78, 5) is 11.9. The number of furan rings is 1. The van der Waals surface area contributed by atoms with Gasteiger partial charge in [0.25, 0.3) is 5.91 Å². The van der Waals surface area contributed by atoms with Gasteiger partial charge in [-0.15, -0.1) is 0 Å². The van der Waals surface area contributed by atoms with Gasteiger partial charge in [-0.05, 0) is 42.5 Å². The highest BCUT2D eigenvalue weighted by atomic mass is 32.1. The lowest BCUT2D eigenvalue weighted by atomic mass is 10.2. The van der Waals surface area contributed by atoms with Gasteiger partial charge >= 0.3 is 0 Å². The largest absolute Gasteiger partial charge is 0.497 e. The summed E-state index contributed by atoms with van der Waals surface area (Å²) in [6.45, 7) is 0.438. The smallest absolute Gasteiger partial charge is 0.269 e. The zero-order valence-corrected chi connectivity index (χ0v) is 12.2. The zero-order chi connectivity index (χ0) is 15.1. The Morgan fingerprint density at radius 2 is 2.14 bits per heavy atom. The van der Waals surface area contributed by atoms with Crippen molar-refractivity contribution >= 4 is 23.2 Å². The molecule has 0 aliphatic rings. The molecule has 0 fully saturated rings. The van der Waals surface area contributed by atoms with Crippen LogP contribution in [-0.4, -0.2) is 18.1 Å². The molecule has 7 heteroatoms. The average Bonchev–Trinajstić information content (AvgIpc) is 3.04. The van der Waals surface area contributed by atoms with Gasteiger partial charge in [-0.3, -0.25) is 15.6 Å². The minimum absolute atomic E-state index is 0.294. The van der Waals surface area contributed by atoms with Gasteiger partial charge in [-0.2, -0.15) is 0 Å². The summed E-state index contributed by atoms with van der Waals surface area (Å²) >= 11 is 5.04. The number of ether oxygens (including phenoxy) is 1. The van der Waals surface area contributed by atoms with Gasteiger partial charge in [0.2, 0.25) is 0 Å². The highest BCUT2D eigenvalue weighted by Gasteiger charge is 2.06. The number of carbonyl (C=O) groups excluding carboxylic acids is 1. The maximum atomic E-state index is 11.9. The minimum Gasteiger partial charge on any atom is -0.497 e. The molecule has 0 bridgehead atoms. The first-order valence-electron chi connectivity index (χ1n) is 6.19. The second-order valence-electron chi connectivity index (χ2n) is 4.07. The normalized spacial score (nSPS) is 9.76. The number of methoxy groups -OCH3 is 1. The number of amides is 1. The molecule has 3 N–H and O–H groups in total.